The van der Waals surface area contributed by atoms with Gasteiger partial charge in [0.2, 0.25) is 6.41 Å². The van der Waals surface area contributed by atoms with Crippen molar-refractivity contribution in [1.29, 1.82) is 0 Å². The Labute approximate surface area is 158 Å². The molecule has 0 spiro atoms. The Morgan fingerprint density at radius 3 is 2.38 bits per heavy atom. The largest absolute Gasteiger partial charge is 0.388 e. The monoisotopic (exact) mass is 372 g/mol. The maximum absolute atomic E-state index is 10.4. The molecule has 0 aliphatic heterocycles. The number of para-hydroxylation sites is 1. The molecule has 2 rings (SSSR count). The summed E-state index contributed by atoms with van der Waals surface area (Å²) >= 11 is 1.26. The summed E-state index contributed by atoms with van der Waals surface area (Å²) in [5, 5.41) is 10.9. The third-order valence-electron chi connectivity index (χ3n) is 3.37. The number of nitrogens with zero attached hydrogens (tertiary/aromatic N) is 1. The fraction of sp³-hybridized carbons (Fsp3) is 0.211. The van der Waals surface area contributed by atoms with E-state index in [-0.39, 0.29) is 0 Å². The molecule has 2 aromatic carbocycles. The summed E-state index contributed by atoms with van der Waals surface area (Å²) in [5.74, 6) is 0.511. The number of hydrogen-bond donors (Lipinski definition) is 3. The molecule has 0 bridgehead atoms. The smallest absolute Gasteiger partial charge is 0.212 e. The van der Waals surface area contributed by atoms with E-state index in [4.69, 9.17) is 5.14 Å². The van der Waals surface area contributed by atoms with E-state index in [0.717, 1.165) is 28.1 Å². The van der Waals surface area contributed by atoms with E-state index in [1.165, 1.54) is 11.9 Å². The van der Waals surface area contributed by atoms with Crippen LogP contribution in [0.5, 0.6) is 0 Å². The molecule has 0 heterocycles. The number of carbonyl (C=O) groups is 2. The van der Waals surface area contributed by atoms with Crippen LogP contribution in [0, 0.1) is 6.92 Å². The van der Waals surface area contributed by atoms with E-state index in [1.807, 2.05) is 62.5 Å². The second-order valence-corrected chi connectivity index (χ2v) is 5.91. The lowest BCUT2D eigenvalue weighted by Crippen LogP contribution is -2.21. The number of nitrogens with one attached hydrogen (secondary N) is 2. The van der Waals surface area contributed by atoms with Gasteiger partial charge in [0, 0.05) is 30.5 Å². The van der Waals surface area contributed by atoms with Crippen LogP contribution in [0.15, 0.2) is 58.4 Å². The molecule has 0 aromatic heterocycles. The van der Waals surface area contributed by atoms with Gasteiger partial charge >= 0.3 is 0 Å². The molecular weight excluding hydrogens is 348 g/mol. The van der Waals surface area contributed by atoms with E-state index in [0.29, 0.717) is 25.1 Å². The summed E-state index contributed by atoms with van der Waals surface area (Å²) in [5.41, 5.74) is 2.94. The number of aryl methyl sites for hydroxylation is 1. The molecule has 1 amide bonds. The first-order valence-electron chi connectivity index (χ1n) is 8.06. The second-order valence-electron chi connectivity index (χ2n) is 5.20. The molecule has 0 aliphatic carbocycles. The number of aliphatic imine (C=N–C) groups is 1. The van der Waals surface area contributed by atoms with E-state index >= 15 is 0 Å². The first-order valence-corrected chi connectivity index (χ1v) is 8.94. The number of aldehydes is 1. The number of anilines is 1. The Bertz CT molecular complexity index is 695. The third-order valence-corrected chi connectivity index (χ3v) is 3.92. The highest BCUT2D eigenvalue weighted by Crippen LogP contribution is 2.17. The van der Waals surface area contributed by atoms with Gasteiger partial charge in [0.1, 0.15) is 12.1 Å². The molecule has 0 aliphatic rings. The Hall–Kier alpha value is -2.64. The molecule has 7 heteroatoms. The van der Waals surface area contributed by atoms with Crippen LogP contribution >= 0.6 is 11.9 Å². The molecule has 2 aromatic rings. The topological polar surface area (TPSA) is 96.6 Å². The van der Waals surface area contributed by atoms with Crippen molar-refractivity contribution in [2.45, 2.75) is 24.7 Å². The zero-order valence-electron chi connectivity index (χ0n) is 14.9. The summed E-state index contributed by atoms with van der Waals surface area (Å²) in [6, 6.07) is 15.6. The highest BCUT2D eigenvalue weighted by Gasteiger charge is 2.00. The van der Waals surface area contributed by atoms with Gasteiger partial charge in [-0.2, -0.15) is 0 Å². The van der Waals surface area contributed by atoms with Crippen molar-refractivity contribution in [3.63, 3.8) is 0 Å². The summed E-state index contributed by atoms with van der Waals surface area (Å²) in [7, 11) is 1.89. The van der Waals surface area contributed by atoms with E-state index < -0.39 is 0 Å². The number of hydrogen-bond acceptors (Lipinski definition) is 6. The van der Waals surface area contributed by atoms with Gasteiger partial charge in [0.25, 0.3) is 0 Å². The highest BCUT2D eigenvalue weighted by atomic mass is 32.2. The first kappa shape index (κ1) is 21.4. The fourth-order valence-corrected chi connectivity index (χ4v) is 2.25. The van der Waals surface area contributed by atoms with Crippen LogP contribution < -0.4 is 15.8 Å². The van der Waals surface area contributed by atoms with Crippen LogP contribution in [0.3, 0.4) is 0 Å². The Kier molecular flexibility index (Phi) is 10.4. The van der Waals surface area contributed by atoms with Crippen molar-refractivity contribution < 1.29 is 9.59 Å². The molecule has 26 heavy (non-hydrogen) atoms. The Morgan fingerprint density at radius 1 is 1.15 bits per heavy atom. The van der Waals surface area contributed by atoms with Crippen molar-refractivity contribution >= 4 is 41.9 Å². The lowest BCUT2D eigenvalue weighted by atomic mass is 10.2. The summed E-state index contributed by atoms with van der Waals surface area (Å²) in [6.45, 7) is 1.94. The lowest BCUT2D eigenvalue weighted by molar-refractivity contribution is -0.109. The molecule has 0 saturated carbocycles. The number of benzene rings is 2. The molecule has 0 unspecified atom stereocenters. The SMILES string of the molecule is CNc1ccc(SN)cc1.Cc1ccccc1N=C(CCC=O)NC=O. The number of nitrogens with two attached hydrogens (primary N) is 1. The predicted octanol–water partition coefficient (Wildman–Crippen LogP) is 3.44. The van der Waals surface area contributed by atoms with E-state index in [2.05, 4.69) is 15.6 Å². The van der Waals surface area contributed by atoms with Crippen LogP contribution in [0.2, 0.25) is 0 Å². The molecular formula is C19H24N4O2S. The molecule has 0 radical (unpaired) electrons. The van der Waals surface area contributed by atoms with E-state index in [1.54, 1.807) is 0 Å². The number of carbonyl (C=O) groups excluding carboxylic acids is 2. The van der Waals surface area contributed by atoms with Gasteiger partial charge in [0.05, 0.1) is 5.69 Å². The number of amidine groups is 1. The van der Waals surface area contributed by atoms with E-state index in [9.17, 15) is 9.59 Å². The summed E-state index contributed by atoms with van der Waals surface area (Å²) in [6.07, 6.45) is 2.17. The first-order chi connectivity index (χ1) is 12.6. The molecule has 0 atom stereocenters. The standard InChI is InChI=1S/C12H14N2O2.C7H10N2S/c1-10-5-2-3-6-11(10)14-12(13-9-16)7-4-8-15;1-9-6-2-4-7(10-8)5-3-6/h2-3,5-6,8-9H,4,7H2,1H3,(H,13,14,16);2-5,9H,8H2,1H3. The number of rotatable bonds is 7. The second kappa shape index (κ2) is 12.7. The quantitative estimate of drug-likeness (QED) is 0.299. The van der Waals surface area contributed by atoms with Crippen LogP contribution in [0.25, 0.3) is 0 Å². The normalized spacial score (nSPS) is 10.3. The molecule has 4 N–H and O–H groups in total. The van der Waals surface area contributed by atoms with Gasteiger partial charge in [0.15, 0.2) is 0 Å². The van der Waals surface area contributed by atoms with Gasteiger partial charge < -0.3 is 15.4 Å². The zero-order valence-corrected chi connectivity index (χ0v) is 15.8. The maximum Gasteiger partial charge on any atom is 0.212 e. The molecule has 0 saturated heterocycles. The Balaban J connectivity index is 0.000000289. The Morgan fingerprint density at radius 2 is 1.85 bits per heavy atom. The van der Waals surface area contributed by atoms with Crippen molar-refractivity contribution in [3.8, 4) is 0 Å². The number of amides is 1. The van der Waals surface area contributed by atoms with Crippen molar-refractivity contribution in [3.05, 3.63) is 54.1 Å². The van der Waals surface area contributed by atoms with Crippen molar-refractivity contribution in [2.75, 3.05) is 12.4 Å². The van der Waals surface area contributed by atoms with Crippen LogP contribution in [0.4, 0.5) is 11.4 Å². The minimum absolute atomic E-state index is 0.353. The summed E-state index contributed by atoms with van der Waals surface area (Å²) in [4.78, 5) is 26.0. The van der Waals surface area contributed by atoms with Gasteiger partial charge in [-0.25, -0.2) is 4.99 Å². The maximum atomic E-state index is 10.4. The lowest BCUT2D eigenvalue weighted by Gasteiger charge is -2.04. The van der Waals surface area contributed by atoms with Gasteiger partial charge in [-0.3, -0.25) is 9.93 Å². The zero-order chi connectivity index (χ0) is 19.2. The van der Waals surface area contributed by atoms with Crippen LogP contribution in [-0.2, 0) is 9.59 Å². The van der Waals surface area contributed by atoms with Gasteiger partial charge in [-0.05, 0) is 54.8 Å². The van der Waals surface area contributed by atoms with Gasteiger partial charge in [-0.1, -0.05) is 18.2 Å². The van der Waals surface area contributed by atoms with Crippen LogP contribution in [0.1, 0.15) is 18.4 Å². The molecule has 6 nitrogen and oxygen atoms in total. The minimum Gasteiger partial charge on any atom is -0.388 e. The molecule has 0 fully saturated rings. The third kappa shape index (κ3) is 7.96. The summed E-state index contributed by atoms with van der Waals surface area (Å²) < 4.78 is 0. The fourth-order valence-electron chi connectivity index (χ4n) is 1.96. The van der Waals surface area contributed by atoms with Crippen molar-refractivity contribution in [1.82, 2.24) is 5.32 Å². The predicted molar refractivity (Wildman–Crippen MR) is 109 cm³/mol. The average Bonchev–Trinajstić information content (AvgIpc) is 2.68. The minimum atomic E-state index is 0.353. The van der Waals surface area contributed by atoms with Gasteiger partial charge in [-0.15, -0.1) is 0 Å². The highest BCUT2D eigenvalue weighted by molar-refractivity contribution is 7.97. The van der Waals surface area contributed by atoms with Crippen LogP contribution in [-0.4, -0.2) is 25.6 Å². The van der Waals surface area contributed by atoms with Crippen molar-refractivity contribution in [2.24, 2.45) is 10.1 Å². The average molecular weight is 372 g/mol. The molecule has 138 valence electrons.